The van der Waals surface area contributed by atoms with Crippen molar-refractivity contribution in [2.24, 2.45) is 22.9 Å². The number of hydrogen-bond acceptors (Lipinski definition) is 19. The third-order valence-corrected chi connectivity index (χ3v) is 8.64. The van der Waals surface area contributed by atoms with Crippen LogP contribution in [0.2, 0.25) is 0 Å². The molecule has 4 rings (SSSR count). The lowest BCUT2D eigenvalue weighted by Crippen LogP contribution is -2.68. The van der Waals surface area contributed by atoms with Gasteiger partial charge >= 0.3 is 0 Å². The van der Waals surface area contributed by atoms with Crippen LogP contribution >= 0.6 is 0 Å². The van der Waals surface area contributed by atoms with E-state index in [2.05, 4.69) is 5.32 Å². The van der Waals surface area contributed by atoms with E-state index >= 15 is 0 Å². The number of hydrogen-bond donors (Lipinski definition) is 13. The molecule has 20 heteroatoms. The SMILES string of the molecule is CC(=O)NCC1O[C@H](OC2[C@@H](CO)O[C@@H](OC3[C@H](O[C@H]4OC(CO)[C@@H](O)[C@H](O)C4N)C(N)C[C@@H](N)[C@H]3O)[C@H]2O)[C@@H](N)C(O)[C@@H]1O. The van der Waals surface area contributed by atoms with Crippen LogP contribution in [0.3, 0.4) is 0 Å². The average molecular weight is 658 g/mol. The Morgan fingerprint density at radius 3 is 1.69 bits per heavy atom. The summed E-state index contributed by atoms with van der Waals surface area (Å²) in [6.07, 6.45) is -21.2. The summed E-state index contributed by atoms with van der Waals surface area (Å²) in [7, 11) is 0. The number of amides is 1. The van der Waals surface area contributed by atoms with Crippen molar-refractivity contribution in [3.63, 3.8) is 0 Å². The topological polar surface area (TPSA) is 350 Å². The van der Waals surface area contributed by atoms with Crippen molar-refractivity contribution in [2.45, 2.75) is 130 Å². The van der Waals surface area contributed by atoms with Gasteiger partial charge in [0.2, 0.25) is 5.91 Å². The van der Waals surface area contributed by atoms with Crippen molar-refractivity contribution in [2.75, 3.05) is 19.8 Å². The van der Waals surface area contributed by atoms with E-state index in [-0.39, 0.29) is 13.0 Å². The van der Waals surface area contributed by atoms with E-state index < -0.39 is 135 Å². The van der Waals surface area contributed by atoms with Gasteiger partial charge in [-0.3, -0.25) is 4.79 Å². The number of carbonyl (C=O) groups is 1. The van der Waals surface area contributed by atoms with Gasteiger partial charge < -0.3 is 97.5 Å². The van der Waals surface area contributed by atoms with Crippen molar-refractivity contribution < 1.29 is 74.1 Å². The van der Waals surface area contributed by atoms with Gasteiger partial charge in [-0.2, -0.15) is 0 Å². The molecule has 0 aromatic rings. The Morgan fingerprint density at radius 2 is 1.13 bits per heavy atom. The fourth-order valence-electron chi connectivity index (χ4n) is 5.92. The fourth-order valence-corrected chi connectivity index (χ4v) is 5.92. The Balaban J connectivity index is 1.49. The van der Waals surface area contributed by atoms with Crippen molar-refractivity contribution in [1.29, 1.82) is 0 Å². The van der Waals surface area contributed by atoms with Crippen LogP contribution in [0.25, 0.3) is 0 Å². The maximum atomic E-state index is 11.3. The number of rotatable bonds is 10. The van der Waals surface area contributed by atoms with Crippen LogP contribution in [-0.2, 0) is 33.2 Å². The quantitative estimate of drug-likeness (QED) is 0.104. The maximum Gasteiger partial charge on any atom is 0.216 e. The zero-order valence-corrected chi connectivity index (χ0v) is 24.5. The molecule has 1 saturated carbocycles. The molecule has 0 radical (unpaired) electrons. The molecule has 262 valence electrons. The summed E-state index contributed by atoms with van der Waals surface area (Å²) in [6.45, 7) is -0.300. The molecule has 3 aliphatic heterocycles. The van der Waals surface area contributed by atoms with E-state index in [1.165, 1.54) is 6.92 Å². The van der Waals surface area contributed by atoms with Gasteiger partial charge in [0.05, 0.1) is 31.4 Å². The van der Waals surface area contributed by atoms with Gasteiger partial charge in [-0.05, 0) is 6.42 Å². The molecule has 3 saturated heterocycles. The van der Waals surface area contributed by atoms with Crippen LogP contribution < -0.4 is 28.3 Å². The van der Waals surface area contributed by atoms with Crippen molar-refractivity contribution in [1.82, 2.24) is 5.32 Å². The molecule has 45 heavy (non-hydrogen) atoms. The molecular formula is C25H47N5O15. The lowest BCUT2D eigenvalue weighted by Gasteiger charge is -2.47. The molecule has 0 bridgehead atoms. The highest BCUT2D eigenvalue weighted by molar-refractivity contribution is 5.72. The Bertz CT molecular complexity index is 974. The third kappa shape index (κ3) is 7.74. The minimum absolute atomic E-state index is 0.0477. The first-order valence-corrected chi connectivity index (χ1v) is 14.7. The second kappa shape index (κ2) is 15.3. The zero-order chi connectivity index (χ0) is 33.3. The first-order valence-electron chi connectivity index (χ1n) is 14.7. The van der Waals surface area contributed by atoms with Crippen LogP contribution in [0.5, 0.6) is 0 Å². The van der Waals surface area contributed by atoms with Gasteiger partial charge in [0.25, 0.3) is 0 Å². The monoisotopic (exact) mass is 657 g/mol. The van der Waals surface area contributed by atoms with E-state index in [1.54, 1.807) is 0 Å². The Hall–Kier alpha value is -1.25. The first-order chi connectivity index (χ1) is 21.2. The number of aliphatic hydroxyl groups is 8. The number of carbonyl (C=O) groups excluding carboxylic acids is 1. The Labute approximate surface area is 258 Å². The van der Waals surface area contributed by atoms with Gasteiger partial charge in [-0.25, -0.2) is 0 Å². The van der Waals surface area contributed by atoms with Crippen molar-refractivity contribution >= 4 is 5.91 Å². The van der Waals surface area contributed by atoms with Crippen LogP contribution in [-0.4, -0.2) is 183 Å². The highest BCUT2D eigenvalue weighted by Crippen LogP contribution is 2.34. The number of aliphatic hydroxyl groups excluding tert-OH is 8. The standard InChI is InChI=1S/C25H47N5O15/c1-6(33)30-3-9-15(35)17(37)12(28)23(40-9)44-21-11(5-32)42-25(19(21)39)45-22-14(34)7(26)2-8(27)20(22)43-24-13(29)18(38)16(36)10(4-31)41-24/h7-25,31-32,34-39H,2-5,26-29H2,1H3,(H,30,33)/t7-,8?,9?,10?,11-,12+,13?,14-,15-,16-,17?,18-,19+,20-,21?,22?,23-,24-,25+/m1/s1. The predicted molar refractivity (Wildman–Crippen MR) is 146 cm³/mol. The zero-order valence-electron chi connectivity index (χ0n) is 24.5. The summed E-state index contributed by atoms with van der Waals surface area (Å²) >= 11 is 0. The summed E-state index contributed by atoms with van der Waals surface area (Å²) < 4.78 is 34.6. The first kappa shape index (κ1) is 36.6. The van der Waals surface area contributed by atoms with E-state index in [9.17, 15) is 45.6 Å². The Morgan fingerprint density at radius 1 is 0.644 bits per heavy atom. The van der Waals surface area contributed by atoms with E-state index in [0.29, 0.717) is 0 Å². The summed E-state index contributed by atoms with van der Waals surface area (Å²) in [6, 6.07) is -4.42. The number of ether oxygens (including phenoxy) is 6. The largest absolute Gasteiger partial charge is 0.394 e. The molecular weight excluding hydrogens is 610 g/mol. The third-order valence-electron chi connectivity index (χ3n) is 8.64. The minimum atomic E-state index is -1.66. The van der Waals surface area contributed by atoms with E-state index in [0.717, 1.165) is 0 Å². The van der Waals surface area contributed by atoms with Crippen LogP contribution in [0.15, 0.2) is 0 Å². The summed E-state index contributed by atoms with van der Waals surface area (Å²) in [4.78, 5) is 11.3. The lowest BCUT2D eigenvalue weighted by molar-refractivity contribution is -0.310. The molecule has 0 spiro atoms. The van der Waals surface area contributed by atoms with Crippen molar-refractivity contribution in [3.8, 4) is 0 Å². The fraction of sp³-hybridized carbons (Fsp3) is 0.960. The van der Waals surface area contributed by atoms with E-state index in [1.807, 2.05) is 0 Å². The molecule has 1 amide bonds. The molecule has 7 unspecified atom stereocenters. The smallest absolute Gasteiger partial charge is 0.216 e. The molecule has 19 atom stereocenters. The van der Waals surface area contributed by atoms with Gasteiger partial charge in [-0.1, -0.05) is 0 Å². The van der Waals surface area contributed by atoms with Crippen molar-refractivity contribution in [3.05, 3.63) is 0 Å². The van der Waals surface area contributed by atoms with Crippen LogP contribution in [0.4, 0.5) is 0 Å². The van der Waals surface area contributed by atoms with Gasteiger partial charge in [0.1, 0.15) is 67.1 Å². The second-order valence-electron chi connectivity index (χ2n) is 11.9. The summed E-state index contributed by atoms with van der Waals surface area (Å²) in [5.74, 6) is -0.418. The normalized spacial score (nSPS) is 50.8. The van der Waals surface area contributed by atoms with Crippen LogP contribution in [0.1, 0.15) is 13.3 Å². The molecule has 4 aliphatic rings. The lowest BCUT2D eigenvalue weighted by atomic mass is 9.84. The summed E-state index contributed by atoms with van der Waals surface area (Å²) in [5, 5.41) is 85.5. The van der Waals surface area contributed by atoms with E-state index in [4.69, 9.17) is 51.4 Å². The molecule has 0 aromatic carbocycles. The average Bonchev–Trinajstić information content (AvgIpc) is 3.30. The molecule has 4 fully saturated rings. The maximum absolute atomic E-state index is 11.3. The number of nitrogens with one attached hydrogen (secondary N) is 1. The highest BCUT2D eigenvalue weighted by Gasteiger charge is 2.54. The second-order valence-corrected chi connectivity index (χ2v) is 11.9. The number of nitrogens with two attached hydrogens (primary N) is 4. The Kier molecular flexibility index (Phi) is 12.5. The molecule has 20 nitrogen and oxygen atoms in total. The minimum Gasteiger partial charge on any atom is -0.394 e. The molecule has 0 aromatic heterocycles. The van der Waals surface area contributed by atoms with Gasteiger partial charge in [0.15, 0.2) is 18.9 Å². The predicted octanol–water partition coefficient (Wildman–Crippen LogP) is -8.68. The van der Waals surface area contributed by atoms with Crippen LogP contribution in [0, 0.1) is 0 Å². The highest BCUT2D eigenvalue weighted by atomic mass is 16.8. The molecule has 1 aliphatic carbocycles. The van der Waals surface area contributed by atoms with Gasteiger partial charge in [0, 0.05) is 25.6 Å². The van der Waals surface area contributed by atoms with Gasteiger partial charge in [-0.15, -0.1) is 0 Å². The molecule has 3 heterocycles. The summed E-state index contributed by atoms with van der Waals surface area (Å²) in [5.41, 5.74) is 24.4. The molecule has 17 N–H and O–H groups in total.